The summed E-state index contributed by atoms with van der Waals surface area (Å²) in [7, 11) is 0. The maximum atomic E-state index is 5.99. The summed E-state index contributed by atoms with van der Waals surface area (Å²) in [4.78, 5) is 0. The molecule has 0 aromatic carbocycles. The van der Waals surface area contributed by atoms with Gasteiger partial charge in [0, 0.05) is 12.5 Å². The summed E-state index contributed by atoms with van der Waals surface area (Å²) in [5.74, 6) is 0.903. The molecule has 0 aliphatic heterocycles. The summed E-state index contributed by atoms with van der Waals surface area (Å²) >= 11 is 7.33. The molecule has 0 radical (unpaired) electrons. The van der Waals surface area contributed by atoms with E-state index >= 15 is 0 Å². The number of furan rings is 1. The summed E-state index contributed by atoms with van der Waals surface area (Å²) in [5.41, 5.74) is 7.05. The van der Waals surface area contributed by atoms with Gasteiger partial charge in [0.1, 0.15) is 5.76 Å². The van der Waals surface area contributed by atoms with Crippen molar-refractivity contribution >= 4 is 22.9 Å². The van der Waals surface area contributed by atoms with Gasteiger partial charge in [-0.2, -0.15) is 0 Å². The predicted molar refractivity (Wildman–Crippen MR) is 58.7 cm³/mol. The molecule has 0 saturated heterocycles. The van der Waals surface area contributed by atoms with Crippen molar-refractivity contribution in [1.82, 2.24) is 0 Å². The number of halogens is 1. The van der Waals surface area contributed by atoms with Crippen LogP contribution in [0.4, 0.5) is 0 Å². The molecule has 2 rings (SSSR count). The lowest BCUT2D eigenvalue weighted by molar-refractivity contribution is 0.489. The minimum atomic E-state index is -0.0371. The number of rotatable bonds is 3. The first-order chi connectivity index (χ1) is 6.75. The van der Waals surface area contributed by atoms with Crippen molar-refractivity contribution in [2.24, 2.45) is 5.73 Å². The van der Waals surface area contributed by atoms with E-state index in [1.54, 1.807) is 6.26 Å². The average molecular weight is 228 g/mol. The van der Waals surface area contributed by atoms with Gasteiger partial charge in [-0.3, -0.25) is 0 Å². The molecule has 0 spiro atoms. The van der Waals surface area contributed by atoms with Crippen LogP contribution in [-0.2, 0) is 6.42 Å². The molecule has 2 aromatic rings. The Bertz CT molecular complexity index is 396. The topological polar surface area (TPSA) is 39.2 Å². The van der Waals surface area contributed by atoms with Gasteiger partial charge in [-0.1, -0.05) is 11.6 Å². The Labute approximate surface area is 91.3 Å². The minimum absolute atomic E-state index is 0.0371. The van der Waals surface area contributed by atoms with Crippen LogP contribution >= 0.6 is 22.9 Å². The van der Waals surface area contributed by atoms with Gasteiger partial charge in [-0.15, -0.1) is 11.3 Å². The zero-order valence-electron chi connectivity index (χ0n) is 7.44. The summed E-state index contributed by atoms with van der Waals surface area (Å²) in [5, 5.41) is 1.98. The molecular weight excluding hydrogens is 218 g/mol. The van der Waals surface area contributed by atoms with Gasteiger partial charge in [0.25, 0.3) is 0 Å². The van der Waals surface area contributed by atoms with Gasteiger partial charge < -0.3 is 10.2 Å². The number of hydrogen-bond donors (Lipinski definition) is 1. The van der Waals surface area contributed by atoms with Crippen molar-refractivity contribution in [3.63, 3.8) is 0 Å². The van der Waals surface area contributed by atoms with E-state index in [0.29, 0.717) is 6.42 Å². The monoisotopic (exact) mass is 227 g/mol. The predicted octanol–water partition coefficient (Wildman–Crippen LogP) is 3.24. The molecule has 0 fully saturated rings. The quantitative estimate of drug-likeness (QED) is 0.875. The largest absolute Gasteiger partial charge is 0.469 e. The van der Waals surface area contributed by atoms with E-state index in [4.69, 9.17) is 21.8 Å². The Morgan fingerprint density at radius 2 is 2.43 bits per heavy atom. The van der Waals surface area contributed by atoms with Crippen molar-refractivity contribution in [2.75, 3.05) is 0 Å². The molecule has 2 nitrogen and oxygen atoms in total. The Hall–Kier alpha value is -0.770. The van der Waals surface area contributed by atoms with Gasteiger partial charge in [0.15, 0.2) is 0 Å². The zero-order chi connectivity index (χ0) is 9.97. The molecule has 2 N–H and O–H groups in total. The van der Waals surface area contributed by atoms with Crippen LogP contribution in [-0.4, -0.2) is 0 Å². The highest BCUT2D eigenvalue weighted by Gasteiger charge is 2.10. The molecule has 14 heavy (non-hydrogen) atoms. The smallest absolute Gasteiger partial charge is 0.105 e. The molecule has 4 heteroatoms. The standard InChI is InChI=1S/C10H10ClNOS/c11-10-4-7(6-14-10)9(12)5-8-2-1-3-13-8/h1-4,6,9H,5,12H2. The lowest BCUT2D eigenvalue weighted by Gasteiger charge is -2.06. The molecule has 0 bridgehead atoms. The third-order valence-corrected chi connectivity index (χ3v) is 3.13. The van der Waals surface area contributed by atoms with E-state index in [-0.39, 0.29) is 6.04 Å². The van der Waals surface area contributed by atoms with Gasteiger partial charge in [-0.25, -0.2) is 0 Å². The Morgan fingerprint density at radius 1 is 1.57 bits per heavy atom. The molecule has 2 aromatic heterocycles. The Balaban J connectivity index is 2.06. The second-order valence-electron chi connectivity index (χ2n) is 3.07. The summed E-state index contributed by atoms with van der Waals surface area (Å²) in [6.45, 7) is 0. The van der Waals surface area contributed by atoms with Crippen molar-refractivity contribution in [2.45, 2.75) is 12.5 Å². The van der Waals surface area contributed by atoms with E-state index in [2.05, 4.69) is 0 Å². The van der Waals surface area contributed by atoms with Crippen molar-refractivity contribution in [1.29, 1.82) is 0 Å². The maximum absolute atomic E-state index is 5.99. The summed E-state index contributed by atoms with van der Waals surface area (Å²) in [6, 6.07) is 5.65. The van der Waals surface area contributed by atoms with Crippen LogP contribution in [0.1, 0.15) is 17.4 Å². The molecule has 0 amide bonds. The normalized spacial score (nSPS) is 13.0. The fraction of sp³-hybridized carbons (Fsp3) is 0.200. The van der Waals surface area contributed by atoms with Gasteiger partial charge >= 0.3 is 0 Å². The van der Waals surface area contributed by atoms with Crippen molar-refractivity contribution in [3.05, 3.63) is 45.5 Å². The average Bonchev–Trinajstić information content (AvgIpc) is 2.75. The first-order valence-electron chi connectivity index (χ1n) is 4.27. The van der Waals surface area contributed by atoms with Gasteiger partial charge in [-0.05, 0) is 29.1 Å². The number of hydrogen-bond acceptors (Lipinski definition) is 3. The minimum Gasteiger partial charge on any atom is -0.469 e. The zero-order valence-corrected chi connectivity index (χ0v) is 9.02. The Kier molecular flexibility index (Phi) is 2.91. The fourth-order valence-electron chi connectivity index (χ4n) is 1.28. The van der Waals surface area contributed by atoms with Gasteiger partial charge in [0.2, 0.25) is 0 Å². The molecule has 2 heterocycles. The first-order valence-corrected chi connectivity index (χ1v) is 5.53. The van der Waals surface area contributed by atoms with E-state index in [1.165, 1.54) is 11.3 Å². The molecule has 0 saturated carbocycles. The van der Waals surface area contributed by atoms with E-state index in [0.717, 1.165) is 15.7 Å². The Morgan fingerprint density at radius 3 is 3.00 bits per heavy atom. The molecule has 74 valence electrons. The molecule has 1 unspecified atom stereocenters. The van der Waals surface area contributed by atoms with Crippen LogP contribution < -0.4 is 5.73 Å². The van der Waals surface area contributed by atoms with Crippen LogP contribution in [0.2, 0.25) is 4.34 Å². The highest BCUT2D eigenvalue weighted by Crippen LogP contribution is 2.25. The van der Waals surface area contributed by atoms with Crippen molar-refractivity contribution < 1.29 is 4.42 Å². The van der Waals surface area contributed by atoms with Crippen LogP contribution in [0.3, 0.4) is 0 Å². The highest BCUT2D eigenvalue weighted by molar-refractivity contribution is 7.14. The number of nitrogens with two attached hydrogens (primary N) is 1. The van der Waals surface area contributed by atoms with Crippen LogP contribution in [0.5, 0.6) is 0 Å². The summed E-state index contributed by atoms with van der Waals surface area (Å²) < 4.78 is 6.00. The van der Waals surface area contributed by atoms with Crippen molar-refractivity contribution in [3.8, 4) is 0 Å². The molecule has 0 aliphatic rings. The molecular formula is C10H10ClNOS. The third kappa shape index (κ3) is 2.18. The second kappa shape index (κ2) is 4.17. The first kappa shape index (κ1) is 9.77. The van der Waals surface area contributed by atoms with Gasteiger partial charge in [0.05, 0.1) is 10.6 Å². The van der Waals surface area contributed by atoms with Crippen LogP contribution in [0, 0.1) is 0 Å². The summed E-state index contributed by atoms with van der Waals surface area (Å²) in [6.07, 6.45) is 2.36. The third-order valence-electron chi connectivity index (χ3n) is 2.02. The van der Waals surface area contributed by atoms with E-state index in [1.807, 2.05) is 23.6 Å². The van der Waals surface area contributed by atoms with E-state index in [9.17, 15) is 0 Å². The lowest BCUT2D eigenvalue weighted by atomic mass is 10.1. The maximum Gasteiger partial charge on any atom is 0.105 e. The molecule has 1 atom stereocenters. The molecule has 0 aliphatic carbocycles. The fourth-order valence-corrected chi connectivity index (χ4v) is 2.24. The van der Waals surface area contributed by atoms with Crippen LogP contribution in [0.15, 0.2) is 34.3 Å². The highest BCUT2D eigenvalue weighted by atomic mass is 35.5. The van der Waals surface area contributed by atoms with E-state index < -0.39 is 0 Å². The van der Waals surface area contributed by atoms with Crippen LogP contribution in [0.25, 0.3) is 0 Å². The SMILES string of the molecule is NC(Cc1ccco1)c1csc(Cl)c1. The number of thiophene rings is 1. The second-order valence-corrected chi connectivity index (χ2v) is 4.62. The lowest BCUT2D eigenvalue weighted by Crippen LogP contribution is -2.11.